The van der Waals surface area contributed by atoms with Crippen LogP contribution in [0.2, 0.25) is 5.02 Å². The van der Waals surface area contributed by atoms with E-state index in [0.717, 1.165) is 16.7 Å². The van der Waals surface area contributed by atoms with Gasteiger partial charge in [0.05, 0.1) is 0 Å². The van der Waals surface area contributed by atoms with Crippen molar-refractivity contribution in [3.05, 3.63) is 124 Å². The first-order chi connectivity index (χ1) is 18.1. The van der Waals surface area contributed by atoms with Crippen molar-refractivity contribution < 1.29 is 24.2 Å². The maximum atomic E-state index is 12.8. The summed E-state index contributed by atoms with van der Waals surface area (Å²) in [5, 5.41) is 10.3. The Morgan fingerprint density at radius 3 is 1.92 bits per heavy atom. The highest BCUT2D eigenvalue weighted by atomic mass is 35.5. The predicted molar refractivity (Wildman–Crippen MR) is 150 cm³/mol. The standard InChI is InChI=1S/C32H27ClO5/c1-21-18-23(20-27(34)19-21)5-4-22-6-14-28(15-7-22)37-31(36)32(2,3)38-29-16-10-25(11-17-29)30(35)24-8-12-26(33)13-9-24/h4-20,34H,1-3H3/b5-4+. The highest BCUT2D eigenvalue weighted by molar-refractivity contribution is 6.30. The number of esters is 1. The first kappa shape index (κ1) is 26.7. The molecule has 0 atom stereocenters. The van der Waals surface area contributed by atoms with E-state index in [4.69, 9.17) is 21.1 Å². The summed E-state index contributed by atoms with van der Waals surface area (Å²) < 4.78 is 11.4. The van der Waals surface area contributed by atoms with Gasteiger partial charge in [-0.25, -0.2) is 4.79 Å². The SMILES string of the molecule is Cc1cc(O)cc(/C=C/c2ccc(OC(=O)C(C)(C)Oc3ccc(C(=O)c4ccc(Cl)cc4)cc3)cc2)c1. The highest BCUT2D eigenvalue weighted by Crippen LogP contribution is 2.24. The van der Waals surface area contributed by atoms with Gasteiger partial charge in [0.25, 0.3) is 0 Å². The minimum absolute atomic E-state index is 0.137. The van der Waals surface area contributed by atoms with E-state index in [0.29, 0.717) is 27.6 Å². The molecule has 0 heterocycles. The van der Waals surface area contributed by atoms with Crippen LogP contribution in [0.15, 0.2) is 91.0 Å². The largest absolute Gasteiger partial charge is 0.508 e. The van der Waals surface area contributed by atoms with E-state index >= 15 is 0 Å². The number of benzene rings is 4. The molecule has 4 rings (SSSR count). The molecule has 5 nitrogen and oxygen atoms in total. The Hall–Kier alpha value is -4.35. The molecule has 0 saturated heterocycles. The molecule has 0 fully saturated rings. The Morgan fingerprint density at radius 2 is 1.32 bits per heavy atom. The van der Waals surface area contributed by atoms with Crippen LogP contribution in [0.5, 0.6) is 17.2 Å². The van der Waals surface area contributed by atoms with Gasteiger partial charge in [0.2, 0.25) is 5.60 Å². The average molecular weight is 527 g/mol. The fraction of sp³-hybridized carbons (Fsp3) is 0.125. The molecule has 38 heavy (non-hydrogen) atoms. The zero-order valence-electron chi connectivity index (χ0n) is 21.3. The van der Waals surface area contributed by atoms with Crippen LogP contribution in [-0.4, -0.2) is 22.5 Å². The van der Waals surface area contributed by atoms with E-state index in [9.17, 15) is 14.7 Å². The van der Waals surface area contributed by atoms with E-state index in [1.165, 1.54) is 0 Å². The lowest BCUT2D eigenvalue weighted by Gasteiger charge is -2.24. The Kier molecular flexibility index (Phi) is 7.99. The topological polar surface area (TPSA) is 72.8 Å². The summed E-state index contributed by atoms with van der Waals surface area (Å²) in [7, 11) is 0. The van der Waals surface area contributed by atoms with E-state index in [-0.39, 0.29) is 11.5 Å². The fourth-order valence-corrected chi connectivity index (χ4v) is 3.86. The molecular weight excluding hydrogens is 500 g/mol. The summed E-state index contributed by atoms with van der Waals surface area (Å²) >= 11 is 5.90. The van der Waals surface area contributed by atoms with Crippen molar-refractivity contribution >= 4 is 35.5 Å². The minimum atomic E-state index is -1.27. The number of aryl methyl sites for hydroxylation is 1. The third-order valence-electron chi connectivity index (χ3n) is 5.73. The van der Waals surface area contributed by atoms with Gasteiger partial charge in [-0.15, -0.1) is 0 Å². The average Bonchev–Trinajstić information content (AvgIpc) is 2.88. The Labute approximate surface area is 226 Å². The number of rotatable bonds is 8. The maximum absolute atomic E-state index is 12.8. The monoisotopic (exact) mass is 526 g/mol. The lowest BCUT2D eigenvalue weighted by molar-refractivity contribution is -0.149. The second-order valence-electron chi connectivity index (χ2n) is 9.37. The summed E-state index contributed by atoms with van der Waals surface area (Å²) in [6.07, 6.45) is 3.81. The summed E-state index contributed by atoms with van der Waals surface area (Å²) in [4.78, 5) is 25.5. The number of ether oxygens (including phenoxy) is 2. The van der Waals surface area contributed by atoms with Crippen molar-refractivity contribution in [3.8, 4) is 17.2 Å². The molecule has 0 aromatic heterocycles. The van der Waals surface area contributed by atoms with Gasteiger partial charge in [-0.3, -0.25) is 4.79 Å². The Bertz CT molecular complexity index is 1450. The molecule has 0 spiro atoms. The summed E-state index contributed by atoms with van der Waals surface area (Å²) in [5.74, 6) is 0.349. The van der Waals surface area contributed by atoms with Crippen molar-refractivity contribution in [1.82, 2.24) is 0 Å². The number of ketones is 1. The van der Waals surface area contributed by atoms with Crippen molar-refractivity contribution in [1.29, 1.82) is 0 Å². The van der Waals surface area contributed by atoms with Crippen molar-refractivity contribution in [2.24, 2.45) is 0 Å². The van der Waals surface area contributed by atoms with Crippen LogP contribution in [0, 0.1) is 6.92 Å². The van der Waals surface area contributed by atoms with E-state index in [1.54, 1.807) is 86.6 Å². The number of phenols is 1. The molecule has 0 amide bonds. The van der Waals surface area contributed by atoms with Crippen molar-refractivity contribution in [2.45, 2.75) is 26.4 Å². The number of aromatic hydroxyl groups is 1. The number of carbonyl (C=O) groups is 2. The lowest BCUT2D eigenvalue weighted by atomic mass is 10.0. The molecule has 0 saturated carbocycles. The minimum Gasteiger partial charge on any atom is -0.508 e. The molecule has 0 bridgehead atoms. The number of hydrogen-bond acceptors (Lipinski definition) is 5. The first-order valence-electron chi connectivity index (χ1n) is 12.0. The van der Waals surface area contributed by atoms with Crippen LogP contribution in [0.25, 0.3) is 12.2 Å². The molecule has 0 radical (unpaired) electrons. The molecule has 0 aliphatic heterocycles. The van der Waals surface area contributed by atoms with Gasteiger partial charge in [0.15, 0.2) is 5.78 Å². The van der Waals surface area contributed by atoms with Crippen molar-refractivity contribution in [2.75, 3.05) is 0 Å². The molecule has 1 N–H and O–H groups in total. The quantitative estimate of drug-likeness (QED) is 0.111. The van der Waals surface area contributed by atoms with Crippen LogP contribution in [0.1, 0.15) is 46.5 Å². The van der Waals surface area contributed by atoms with Crippen molar-refractivity contribution in [3.63, 3.8) is 0 Å². The van der Waals surface area contributed by atoms with E-state index in [2.05, 4.69) is 0 Å². The Morgan fingerprint density at radius 1 is 0.763 bits per heavy atom. The fourth-order valence-electron chi connectivity index (χ4n) is 3.74. The van der Waals surface area contributed by atoms with Gasteiger partial charge < -0.3 is 14.6 Å². The summed E-state index contributed by atoms with van der Waals surface area (Å²) in [6.45, 7) is 5.16. The number of carbonyl (C=O) groups excluding carboxylic acids is 2. The molecule has 0 unspecified atom stereocenters. The normalized spacial score (nSPS) is 11.4. The smallest absolute Gasteiger partial charge is 0.355 e. The van der Waals surface area contributed by atoms with Crippen LogP contribution < -0.4 is 9.47 Å². The summed E-state index contributed by atoms with van der Waals surface area (Å²) in [6, 6.07) is 25.7. The second kappa shape index (κ2) is 11.4. The molecule has 0 aliphatic carbocycles. The second-order valence-corrected chi connectivity index (χ2v) is 9.80. The zero-order valence-corrected chi connectivity index (χ0v) is 22.0. The number of hydrogen-bond donors (Lipinski definition) is 1. The van der Waals surface area contributed by atoms with E-state index in [1.807, 2.05) is 37.3 Å². The molecule has 4 aromatic rings. The Balaban J connectivity index is 1.36. The third-order valence-corrected chi connectivity index (χ3v) is 5.98. The van der Waals surface area contributed by atoms with Gasteiger partial charge in [-0.2, -0.15) is 0 Å². The lowest BCUT2D eigenvalue weighted by Crippen LogP contribution is -2.41. The molecule has 0 aliphatic rings. The van der Waals surface area contributed by atoms with Gasteiger partial charge in [0.1, 0.15) is 17.2 Å². The first-order valence-corrected chi connectivity index (χ1v) is 12.4. The zero-order chi connectivity index (χ0) is 27.3. The van der Waals surface area contributed by atoms with Gasteiger partial charge >= 0.3 is 5.97 Å². The van der Waals surface area contributed by atoms with E-state index < -0.39 is 11.6 Å². The van der Waals surface area contributed by atoms with Gasteiger partial charge in [-0.05, 0) is 110 Å². The predicted octanol–water partition coefficient (Wildman–Crippen LogP) is 7.52. The molecular formula is C32H27ClO5. The summed E-state index contributed by atoms with van der Waals surface area (Å²) in [5.41, 5.74) is 2.53. The van der Waals surface area contributed by atoms with Crippen LogP contribution in [-0.2, 0) is 4.79 Å². The van der Waals surface area contributed by atoms with Crippen LogP contribution in [0.4, 0.5) is 0 Å². The van der Waals surface area contributed by atoms with Gasteiger partial charge in [-0.1, -0.05) is 42.0 Å². The number of halogens is 1. The maximum Gasteiger partial charge on any atom is 0.355 e. The molecule has 6 heteroatoms. The molecule has 4 aromatic carbocycles. The van der Waals surface area contributed by atoms with Crippen LogP contribution in [0.3, 0.4) is 0 Å². The van der Waals surface area contributed by atoms with Crippen LogP contribution >= 0.6 is 11.6 Å². The number of phenolic OH excluding ortho intramolecular Hbond substituents is 1. The third kappa shape index (κ3) is 6.90. The highest BCUT2D eigenvalue weighted by Gasteiger charge is 2.32. The molecule has 192 valence electrons. The van der Waals surface area contributed by atoms with Gasteiger partial charge in [0, 0.05) is 16.1 Å².